The highest BCUT2D eigenvalue weighted by atomic mass is 79.9. The molecule has 0 saturated heterocycles. The third-order valence-corrected chi connectivity index (χ3v) is 4.35. The Balaban J connectivity index is 1.77. The van der Waals surface area contributed by atoms with E-state index in [2.05, 4.69) is 21.2 Å². The molecule has 1 amide bonds. The van der Waals surface area contributed by atoms with Gasteiger partial charge in [-0.25, -0.2) is 0 Å². The number of hydrogen-bond acceptors (Lipinski definition) is 4. The molecule has 0 aliphatic rings. The number of benzene rings is 1. The molecular weight excluding hydrogens is 374 g/mol. The largest absolute Gasteiger partial charge is 0.497 e. The van der Waals surface area contributed by atoms with Gasteiger partial charge in [0.05, 0.1) is 31.1 Å². The summed E-state index contributed by atoms with van der Waals surface area (Å²) in [4.78, 5) is 12.5. The average Bonchev–Trinajstić information content (AvgIpc) is 3.29. The molecule has 5 nitrogen and oxygen atoms in total. The molecule has 0 fully saturated rings. The SMILES string of the molecule is COc1ccc(Br)c(C(=O)NCC(c2ccco2)c2ccco2)c1. The van der Waals surface area contributed by atoms with Crippen LogP contribution in [-0.4, -0.2) is 19.6 Å². The molecule has 0 aliphatic carbocycles. The Kier molecular flexibility index (Phi) is 5.05. The van der Waals surface area contributed by atoms with Crippen LogP contribution in [0.5, 0.6) is 5.75 Å². The predicted octanol–water partition coefficient (Wildman–Crippen LogP) is 4.21. The lowest BCUT2D eigenvalue weighted by molar-refractivity contribution is 0.0950. The molecule has 0 radical (unpaired) electrons. The smallest absolute Gasteiger partial charge is 0.252 e. The van der Waals surface area contributed by atoms with Crippen LogP contribution in [-0.2, 0) is 0 Å². The summed E-state index contributed by atoms with van der Waals surface area (Å²) in [5.74, 6) is 1.69. The molecule has 0 spiro atoms. The van der Waals surface area contributed by atoms with Crippen molar-refractivity contribution in [3.05, 3.63) is 76.5 Å². The van der Waals surface area contributed by atoms with E-state index in [4.69, 9.17) is 13.6 Å². The summed E-state index contributed by atoms with van der Waals surface area (Å²) < 4.78 is 16.8. The standard InChI is InChI=1S/C18H16BrNO4/c1-22-12-6-7-15(19)13(10-12)18(21)20-11-14(16-4-2-8-23-16)17-5-3-9-24-17/h2-10,14H,11H2,1H3,(H,20,21). The van der Waals surface area contributed by atoms with Crippen LogP contribution in [0, 0.1) is 0 Å². The molecule has 0 bridgehead atoms. The molecule has 2 aromatic heterocycles. The van der Waals surface area contributed by atoms with E-state index in [-0.39, 0.29) is 11.8 Å². The lowest BCUT2D eigenvalue weighted by atomic mass is 10.0. The van der Waals surface area contributed by atoms with E-state index in [1.807, 2.05) is 24.3 Å². The first kappa shape index (κ1) is 16.4. The number of rotatable bonds is 6. The monoisotopic (exact) mass is 389 g/mol. The van der Waals surface area contributed by atoms with Gasteiger partial charge in [0, 0.05) is 11.0 Å². The van der Waals surface area contributed by atoms with Gasteiger partial charge in [-0.2, -0.15) is 0 Å². The third-order valence-electron chi connectivity index (χ3n) is 3.66. The first-order valence-electron chi connectivity index (χ1n) is 7.37. The molecule has 1 N–H and O–H groups in total. The fourth-order valence-corrected chi connectivity index (χ4v) is 2.84. The highest BCUT2D eigenvalue weighted by molar-refractivity contribution is 9.10. The summed E-state index contributed by atoms with van der Waals surface area (Å²) >= 11 is 3.39. The Morgan fingerprint density at radius 1 is 1.17 bits per heavy atom. The van der Waals surface area contributed by atoms with Gasteiger partial charge in [-0.15, -0.1) is 0 Å². The van der Waals surface area contributed by atoms with Crippen molar-refractivity contribution in [2.45, 2.75) is 5.92 Å². The molecule has 0 saturated carbocycles. The fourth-order valence-electron chi connectivity index (χ4n) is 2.42. The predicted molar refractivity (Wildman–Crippen MR) is 92.3 cm³/mol. The summed E-state index contributed by atoms with van der Waals surface area (Å²) in [6.07, 6.45) is 3.21. The van der Waals surface area contributed by atoms with Crippen LogP contribution in [0.15, 0.2) is 68.3 Å². The quantitative estimate of drug-likeness (QED) is 0.685. The van der Waals surface area contributed by atoms with E-state index in [1.165, 1.54) is 0 Å². The topological polar surface area (TPSA) is 64.6 Å². The lowest BCUT2D eigenvalue weighted by Crippen LogP contribution is -2.29. The van der Waals surface area contributed by atoms with Gasteiger partial charge in [-0.1, -0.05) is 0 Å². The maximum atomic E-state index is 12.5. The number of carbonyl (C=O) groups excluding carboxylic acids is 1. The second kappa shape index (κ2) is 7.40. The molecule has 3 rings (SSSR count). The van der Waals surface area contributed by atoms with E-state index >= 15 is 0 Å². The first-order chi connectivity index (χ1) is 11.7. The lowest BCUT2D eigenvalue weighted by Gasteiger charge is -2.14. The summed E-state index contributed by atoms with van der Waals surface area (Å²) in [7, 11) is 1.56. The minimum absolute atomic E-state index is 0.191. The number of nitrogens with one attached hydrogen (secondary N) is 1. The summed E-state index contributed by atoms with van der Waals surface area (Å²) in [5, 5.41) is 2.92. The van der Waals surface area contributed by atoms with Gasteiger partial charge in [0.1, 0.15) is 17.3 Å². The summed E-state index contributed by atoms with van der Waals surface area (Å²) in [6, 6.07) is 12.6. The minimum Gasteiger partial charge on any atom is -0.497 e. The zero-order valence-electron chi connectivity index (χ0n) is 13.0. The number of methoxy groups -OCH3 is 1. The number of amides is 1. The van der Waals surface area contributed by atoms with E-state index < -0.39 is 0 Å². The van der Waals surface area contributed by atoms with Crippen LogP contribution in [0.3, 0.4) is 0 Å². The molecule has 0 unspecified atom stereocenters. The van der Waals surface area contributed by atoms with Crippen LogP contribution >= 0.6 is 15.9 Å². The second-order valence-corrected chi connectivity index (χ2v) is 5.99. The van der Waals surface area contributed by atoms with Crippen molar-refractivity contribution in [3.8, 4) is 5.75 Å². The molecular formula is C18H16BrNO4. The van der Waals surface area contributed by atoms with Gasteiger partial charge in [0.2, 0.25) is 0 Å². The third kappa shape index (κ3) is 3.54. The zero-order valence-corrected chi connectivity index (χ0v) is 14.6. The molecule has 0 aliphatic heterocycles. The van der Waals surface area contributed by atoms with E-state index in [9.17, 15) is 4.79 Å². The Morgan fingerprint density at radius 3 is 2.38 bits per heavy atom. The second-order valence-electron chi connectivity index (χ2n) is 5.14. The van der Waals surface area contributed by atoms with Crippen LogP contribution in [0.4, 0.5) is 0 Å². The van der Waals surface area contributed by atoms with Gasteiger partial charge in [-0.3, -0.25) is 4.79 Å². The van der Waals surface area contributed by atoms with Crippen molar-refractivity contribution in [1.82, 2.24) is 5.32 Å². The number of ether oxygens (including phenoxy) is 1. The first-order valence-corrected chi connectivity index (χ1v) is 8.17. The Bertz CT molecular complexity index is 762. The van der Waals surface area contributed by atoms with Crippen LogP contribution in [0.1, 0.15) is 27.8 Å². The van der Waals surface area contributed by atoms with Crippen molar-refractivity contribution in [1.29, 1.82) is 0 Å². The van der Waals surface area contributed by atoms with Gasteiger partial charge in [0.15, 0.2) is 0 Å². The van der Waals surface area contributed by atoms with Crippen molar-refractivity contribution < 1.29 is 18.4 Å². The molecule has 6 heteroatoms. The highest BCUT2D eigenvalue weighted by Gasteiger charge is 2.21. The van der Waals surface area contributed by atoms with Gasteiger partial charge in [0.25, 0.3) is 5.91 Å². The highest BCUT2D eigenvalue weighted by Crippen LogP contribution is 2.26. The molecule has 2 heterocycles. The Hall–Kier alpha value is -2.47. The zero-order chi connectivity index (χ0) is 16.9. The average molecular weight is 390 g/mol. The number of halogens is 1. The maximum absolute atomic E-state index is 12.5. The molecule has 3 aromatic rings. The van der Waals surface area contributed by atoms with Gasteiger partial charge in [-0.05, 0) is 58.4 Å². The van der Waals surface area contributed by atoms with Crippen molar-refractivity contribution >= 4 is 21.8 Å². The molecule has 24 heavy (non-hydrogen) atoms. The number of hydrogen-bond donors (Lipinski definition) is 1. The van der Waals surface area contributed by atoms with Crippen molar-refractivity contribution in [2.24, 2.45) is 0 Å². The Labute approximate surface area is 147 Å². The molecule has 0 atom stereocenters. The van der Waals surface area contributed by atoms with E-state index in [0.717, 1.165) is 11.5 Å². The summed E-state index contributed by atoms with van der Waals surface area (Å²) in [6.45, 7) is 0.351. The maximum Gasteiger partial charge on any atom is 0.252 e. The molecule has 124 valence electrons. The fraction of sp³-hybridized carbons (Fsp3) is 0.167. The number of carbonyl (C=O) groups is 1. The van der Waals surface area contributed by atoms with E-state index in [1.54, 1.807) is 37.8 Å². The van der Waals surface area contributed by atoms with Crippen LogP contribution in [0.2, 0.25) is 0 Å². The normalized spacial score (nSPS) is 10.8. The van der Waals surface area contributed by atoms with Gasteiger partial charge < -0.3 is 18.9 Å². The minimum atomic E-state index is -0.205. The Morgan fingerprint density at radius 2 is 1.83 bits per heavy atom. The number of furan rings is 2. The molecule has 1 aromatic carbocycles. The van der Waals surface area contributed by atoms with Crippen molar-refractivity contribution in [3.63, 3.8) is 0 Å². The van der Waals surface area contributed by atoms with Crippen molar-refractivity contribution in [2.75, 3.05) is 13.7 Å². The van der Waals surface area contributed by atoms with Gasteiger partial charge >= 0.3 is 0 Å². The van der Waals surface area contributed by atoms with Crippen LogP contribution in [0.25, 0.3) is 0 Å². The van der Waals surface area contributed by atoms with Crippen LogP contribution < -0.4 is 10.1 Å². The summed E-state index contributed by atoms with van der Waals surface area (Å²) in [5.41, 5.74) is 0.506. The van der Waals surface area contributed by atoms with E-state index in [0.29, 0.717) is 22.3 Å².